The van der Waals surface area contributed by atoms with Gasteiger partial charge in [0, 0.05) is 18.7 Å². The van der Waals surface area contributed by atoms with Crippen LogP contribution in [-0.4, -0.2) is 26.2 Å². The van der Waals surface area contributed by atoms with Crippen LogP contribution in [0.15, 0.2) is 18.2 Å². The fraction of sp³-hybridized carbons (Fsp3) is 0.500. The average Bonchev–Trinajstić information content (AvgIpc) is 2.79. The zero-order valence-corrected chi connectivity index (χ0v) is 10.9. The third-order valence-electron chi connectivity index (χ3n) is 3.63. The van der Waals surface area contributed by atoms with E-state index in [1.54, 1.807) is 7.11 Å². The molecule has 4 heteroatoms. The van der Waals surface area contributed by atoms with Crippen molar-refractivity contribution in [3.05, 3.63) is 23.8 Å². The first-order valence-electron chi connectivity index (χ1n) is 6.24. The van der Waals surface area contributed by atoms with E-state index in [-0.39, 0.29) is 0 Å². The molecule has 1 aromatic carbocycles. The van der Waals surface area contributed by atoms with Crippen LogP contribution in [0.1, 0.15) is 18.9 Å². The standard InChI is InChI=1S/C14H19N3O/c1-10-5-11(7-15)9-17(10)14-6-13(18-2)4-3-12(14)8-16/h3-4,6,10-11H,5,7,9,15H2,1-2H3. The first-order valence-corrected chi connectivity index (χ1v) is 6.24. The van der Waals surface area contributed by atoms with Gasteiger partial charge in [0.25, 0.3) is 0 Å². The summed E-state index contributed by atoms with van der Waals surface area (Å²) in [6.45, 7) is 3.79. The number of rotatable bonds is 3. The maximum Gasteiger partial charge on any atom is 0.121 e. The fourth-order valence-electron chi connectivity index (χ4n) is 2.62. The van der Waals surface area contributed by atoms with Crippen LogP contribution in [0, 0.1) is 17.2 Å². The molecule has 0 aliphatic carbocycles. The third kappa shape index (κ3) is 2.27. The van der Waals surface area contributed by atoms with E-state index >= 15 is 0 Å². The van der Waals surface area contributed by atoms with Crippen molar-refractivity contribution in [1.29, 1.82) is 5.26 Å². The highest BCUT2D eigenvalue weighted by molar-refractivity contribution is 5.63. The van der Waals surface area contributed by atoms with Crippen molar-refractivity contribution in [3.8, 4) is 11.8 Å². The van der Waals surface area contributed by atoms with Crippen LogP contribution in [0.25, 0.3) is 0 Å². The van der Waals surface area contributed by atoms with Crippen LogP contribution in [0.5, 0.6) is 5.75 Å². The molecule has 0 aromatic heterocycles. The Kier molecular flexibility index (Phi) is 3.73. The van der Waals surface area contributed by atoms with Gasteiger partial charge in [-0.1, -0.05) is 0 Å². The molecule has 1 saturated heterocycles. The number of nitrogens with two attached hydrogens (primary N) is 1. The van der Waals surface area contributed by atoms with Gasteiger partial charge in [-0.25, -0.2) is 0 Å². The molecular weight excluding hydrogens is 226 g/mol. The van der Waals surface area contributed by atoms with Crippen molar-refractivity contribution in [2.45, 2.75) is 19.4 Å². The zero-order valence-electron chi connectivity index (χ0n) is 10.9. The largest absolute Gasteiger partial charge is 0.497 e. The predicted octanol–water partition coefficient (Wildman–Crippen LogP) is 1.74. The van der Waals surface area contributed by atoms with Gasteiger partial charge in [0.05, 0.1) is 18.4 Å². The summed E-state index contributed by atoms with van der Waals surface area (Å²) in [7, 11) is 1.64. The van der Waals surface area contributed by atoms with E-state index in [4.69, 9.17) is 10.5 Å². The van der Waals surface area contributed by atoms with Gasteiger partial charge in [0.15, 0.2) is 0 Å². The third-order valence-corrected chi connectivity index (χ3v) is 3.63. The Bertz CT molecular complexity index is 467. The second kappa shape index (κ2) is 5.28. The fourth-order valence-corrected chi connectivity index (χ4v) is 2.62. The highest BCUT2D eigenvalue weighted by Gasteiger charge is 2.29. The predicted molar refractivity (Wildman–Crippen MR) is 71.7 cm³/mol. The smallest absolute Gasteiger partial charge is 0.121 e. The van der Waals surface area contributed by atoms with Crippen LogP contribution in [-0.2, 0) is 0 Å². The second-order valence-corrected chi connectivity index (χ2v) is 4.83. The van der Waals surface area contributed by atoms with Crippen molar-refractivity contribution < 1.29 is 4.74 Å². The van der Waals surface area contributed by atoms with E-state index in [2.05, 4.69) is 17.9 Å². The summed E-state index contributed by atoms with van der Waals surface area (Å²) in [5.41, 5.74) is 7.40. The van der Waals surface area contributed by atoms with Crippen LogP contribution >= 0.6 is 0 Å². The van der Waals surface area contributed by atoms with Gasteiger partial charge in [-0.15, -0.1) is 0 Å². The van der Waals surface area contributed by atoms with E-state index < -0.39 is 0 Å². The summed E-state index contributed by atoms with van der Waals surface area (Å²) < 4.78 is 5.24. The average molecular weight is 245 g/mol. The molecule has 2 atom stereocenters. The minimum Gasteiger partial charge on any atom is -0.497 e. The van der Waals surface area contributed by atoms with Crippen LogP contribution in [0.4, 0.5) is 5.69 Å². The maximum absolute atomic E-state index is 9.21. The summed E-state index contributed by atoms with van der Waals surface area (Å²) in [4.78, 5) is 2.26. The Hall–Kier alpha value is -1.73. The minimum atomic E-state index is 0.415. The first-order chi connectivity index (χ1) is 8.69. The number of nitriles is 1. The molecule has 0 amide bonds. The van der Waals surface area contributed by atoms with Crippen molar-refractivity contribution in [3.63, 3.8) is 0 Å². The SMILES string of the molecule is COc1ccc(C#N)c(N2CC(CN)CC2C)c1. The molecule has 1 fully saturated rings. The van der Waals surface area contributed by atoms with Gasteiger partial charge in [0.2, 0.25) is 0 Å². The molecule has 0 spiro atoms. The molecule has 18 heavy (non-hydrogen) atoms. The van der Waals surface area contributed by atoms with E-state index in [0.29, 0.717) is 24.1 Å². The van der Waals surface area contributed by atoms with Gasteiger partial charge in [-0.2, -0.15) is 5.26 Å². The first kappa shape index (κ1) is 12.7. The number of anilines is 1. The van der Waals surface area contributed by atoms with Gasteiger partial charge < -0.3 is 15.4 Å². The summed E-state index contributed by atoms with van der Waals surface area (Å²) in [5, 5.41) is 9.21. The number of hydrogen-bond donors (Lipinski definition) is 1. The minimum absolute atomic E-state index is 0.415. The molecule has 0 bridgehead atoms. The van der Waals surface area contributed by atoms with Crippen molar-refractivity contribution in [2.24, 2.45) is 11.7 Å². The Balaban J connectivity index is 2.35. The van der Waals surface area contributed by atoms with Crippen molar-refractivity contribution in [1.82, 2.24) is 0 Å². The maximum atomic E-state index is 9.21. The van der Waals surface area contributed by atoms with Gasteiger partial charge in [-0.05, 0) is 37.9 Å². The van der Waals surface area contributed by atoms with Crippen molar-refractivity contribution >= 4 is 5.69 Å². The number of ether oxygens (including phenoxy) is 1. The second-order valence-electron chi connectivity index (χ2n) is 4.83. The van der Waals surface area contributed by atoms with E-state index in [9.17, 15) is 5.26 Å². The molecule has 1 aliphatic rings. The molecule has 1 heterocycles. The molecule has 1 aliphatic heterocycles. The highest BCUT2D eigenvalue weighted by atomic mass is 16.5. The summed E-state index contributed by atoms with van der Waals surface area (Å²) in [6, 6.07) is 8.24. The monoisotopic (exact) mass is 245 g/mol. The Morgan fingerprint density at radius 2 is 2.33 bits per heavy atom. The summed E-state index contributed by atoms with van der Waals surface area (Å²) in [5.74, 6) is 1.30. The quantitative estimate of drug-likeness (QED) is 0.881. The van der Waals surface area contributed by atoms with Crippen LogP contribution in [0.3, 0.4) is 0 Å². The Morgan fingerprint density at radius 3 is 2.89 bits per heavy atom. The normalized spacial score (nSPS) is 22.9. The van der Waals surface area contributed by atoms with Crippen LogP contribution in [0.2, 0.25) is 0 Å². The van der Waals surface area contributed by atoms with Gasteiger partial charge >= 0.3 is 0 Å². The molecule has 2 rings (SSSR count). The molecule has 2 N–H and O–H groups in total. The lowest BCUT2D eigenvalue weighted by Crippen LogP contribution is -2.28. The molecule has 2 unspecified atom stereocenters. The zero-order chi connectivity index (χ0) is 13.1. The van der Waals surface area contributed by atoms with Crippen molar-refractivity contribution in [2.75, 3.05) is 25.1 Å². The van der Waals surface area contributed by atoms with Crippen LogP contribution < -0.4 is 15.4 Å². The number of methoxy groups -OCH3 is 1. The highest BCUT2D eigenvalue weighted by Crippen LogP contribution is 2.33. The molecule has 0 radical (unpaired) electrons. The van der Waals surface area contributed by atoms with E-state index in [1.807, 2.05) is 18.2 Å². The van der Waals surface area contributed by atoms with E-state index in [1.165, 1.54) is 0 Å². The number of benzene rings is 1. The summed E-state index contributed by atoms with van der Waals surface area (Å²) in [6.07, 6.45) is 1.08. The molecule has 0 saturated carbocycles. The van der Waals surface area contributed by atoms with Gasteiger partial charge in [-0.3, -0.25) is 0 Å². The lowest BCUT2D eigenvalue weighted by Gasteiger charge is -2.25. The molecule has 96 valence electrons. The lowest BCUT2D eigenvalue weighted by atomic mass is 10.1. The lowest BCUT2D eigenvalue weighted by molar-refractivity contribution is 0.414. The topological polar surface area (TPSA) is 62.3 Å². The molecular formula is C14H19N3O. The molecule has 1 aromatic rings. The number of hydrogen-bond acceptors (Lipinski definition) is 4. The Labute approximate surface area is 108 Å². The molecule has 4 nitrogen and oxygen atoms in total. The van der Waals surface area contributed by atoms with Gasteiger partial charge in [0.1, 0.15) is 11.8 Å². The van der Waals surface area contributed by atoms with E-state index in [0.717, 1.165) is 24.4 Å². The summed E-state index contributed by atoms with van der Waals surface area (Å²) >= 11 is 0. The Morgan fingerprint density at radius 1 is 1.56 bits per heavy atom. The number of nitrogens with zero attached hydrogens (tertiary/aromatic N) is 2.